The van der Waals surface area contributed by atoms with Crippen LogP contribution in [0.1, 0.15) is 17.5 Å². The molecule has 1 aliphatic rings. The second-order valence-electron chi connectivity index (χ2n) is 6.53. The number of carbonyl (C=O) groups is 2. The molecule has 1 unspecified atom stereocenters. The number of likely N-dealkylation sites (tertiary alicyclic amines) is 1. The van der Waals surface area contributed by atoms with Gasteiger partial charge in [-0.2, -0.15) is 0 Å². The van der Waals surface area contributed by atoms with Gasteiger partial charge in [0.2, 0.25) is 11.8 Å². The Balaban J connectivity index is 1.61. The minimum absolute atomic E-state index is 0.0257. The number of nitrogens with one attached hydrogen (secondary N) is 1. The number of aromatic hydroxyl groups is 1. The molecule has 1 saturated heterocycles. The first-order valence-electron chi connectivity index (χ1n) is 8.47. The van der Waals surface area contributed by atoms with Gasteiger partial charge in [0, 0.05) is 19.5 Å². The van der Waals surface area contributed by atoms with Gasteiger partial charge in [-0.25, -0.2) is 0 Å². The predicted octanol–water partition coefficient (Wildman–Crippen LogP) is 2.70. The lowest BCUT2D eigenvalue weighted by Crippen LogP contribution is -2.28. The molecule has 2 aromatic rings. The largest absolute Gasteiger partial charge is 0.506 e. The van der Waals surface area contributed by atoms with Gasteiger partial charge in [0.15, 0.2) is 0 Å². The molecule has 0 bridgehead atoms. The Morgan fingerprint density at radius 2 is 2.00 bits per heavy atom. The van der Waals surface area contributed by atoms with Crippen molar-refractivity contribution >= 4 is 17.5 Å². The Bertz CT molecular complexity index is 817. The van der Waals surface area contributed by atoms with Gasteiger partial charge in [-0.1, -0.05) is 18.2 Å². The Morgan fingerprint density at radius 3 is 2.65 bits per heavy atom. The van der Waals surface area contributed by atoms with Gasteiger partial charge in [0.05, 0.1) is 18.7 Å². The SMILES string of the molecule is COc1ccc(CN2CC(C(=O)Nc3ccc(C)cc3O)CC2=O)cc1. The van der Waals surface area contributed by atoms with E-state index in [0.717, 1.165) is 16.9 Å². The summed E-state index contributed by atoms with van der Waals surface area (Å²) >= 11 is 0. The lowest BCUT2D eigenvalue weighted by molar-refractivity contribution is -0.128. The molecule has 0 saturated carbocycles. The van der Waals surface area contributed by atoms with Crippen molar-refractivity contribution < 1.29 is 19.4 Å². The summed E-state index contributed by atoms with van der Waals surface area (Å²) in [6.45, 7) is 2.68. The van der Waals surface area contributed by atoms with E-state index in [2.05, 4.69) is 5.32 Å². The number of hydrogen-bond donors (Lipinski definition) is 2. The van der Waals surface area contributed by atoms with Crippen molar-refractivity contribution in [1.29, 1.82) is 0 Å². The fraction of sp³-hybridized carbons (Fsp3) is 0.300. The van der Waals surface area contributed by atoms with Crippen molar-refractivity contribution in [2.45, 2.75) is 19.9 Å². The van der Waals surface area contributed by atoms with Crippen molar-refractivity contribution in [2.75, 3.05) is 19.0 Å². The van der Waals surface area contributed by atoms with Gasteiger partial charge < -0.3 is 20.1 Å². The number of amides is 2. The summed E-state index contributed by atoms with van der Waals surface area (Å²) in [5.74, 6) is 0.0553. The fourth-order valence-corrected chi connectivity index (χ4v) is 3.03. The topological polar surface area (TPSA) is 78.9 Å². The molecule has 0 radical (unpaired) electrons. The van der Waals surface area contributed by atoms with Gasteiger partial charge in [-0.3, -0.25) is 9.59 Å². The summed E-state index contributed by atoms with van der Waals surface area (Å²) in [4.78, 5) is 26.4. The number of rotatable bonds is 5. The van der Waals surface area contributed by atoms with Crippen molar-refractivity contribution in [3.63, 3.8) is 0 Å². The lowest BCUT2D eigenvalue weighted by atomic mass is 10.1. The van der Waals surface area contributed by atoms with E-state index < -0.39 is 5.92 Å². The number of methoxy groups -OCH3 is 1. The van der Waals surface area contributed by atoms with Crippen molar-refractivity contribution in [3.8, 4) is 11.5 Å². The van der Waals surface area contributed by atoms with Crippen LogP contribution in [0.15, 0.2) is 42.5 Å². The summed E-state index contributed by atoms with van der Waals surface area (Å²) in [5.41, 5.74) is 2.25. The average Bonchev–Trinajstić information content (AvgIpc) is 2.99. The molecule has 26 heavy (non-hydrogen) atoms. The number of phenolic OH excluding ortho intramolecular Hbond substituents is 1. The zero-order valence-electron chi connectivity index (χ0n) is 14.9. The number of nitrogens with zero attached hydrogens (tertiary/aromatic N) is 1. The fourth-order valence-electron chi connectivity index (χ4n) is 3.03. The third kappa shape index (κ3) is 3.96. The number of ether oxygens (including phenoxy) is 1. The van der Waals surface area contributed by atoms with Gasteiger partial charge in [0.25, 0.3) is 0 Å². The summed E-state index contributed by atoms with van der Waals surface area (Å²) in [6, 6.07) is 12.6. The highest BCUT2D eigenvalue weighted by Crippen LogP contribution is 2.27. The summed E-state index contributed by atoms with van der Waals surface area (Å²) < 4.78 is 5.13. The van der Waals surface area contributed by atoms with Gasteiger partial charge in [0.1, 0.15) is 11.5 Å². The Morgan fingerprint density at radius 1 is 1.27 bits per heavy atom. The third-order valence-corrected chi connectivity index (χ3v) is 4.53. The van der Waals surface area contributed by atoms with Crippen molar-refractivity contribution in [1.82, 2.24) is 4.90 Å². The monoisotopic (exact) mass is 354 g/mol. The molecule has 0 aliphatic carbocycles. The molecule has 2 N–H and O–H groups in total. The van der Waals surface area contributed by atoms with Crippen LogP contribution >= 0.6 is 0 Å². The average molecular weight is 354 g/mol. The first-order chi connectivity index (χ1) is 12.5. The van der Waals surface area contributed by atoms with Crippen LogP contribution in [0.5, 0.6) is 11.5 Å². The maximum absolute atomic E-state index is 12.5. The smallest absolute Gasteiger partial charge is 0.229 e. The standard InChI is InChI=1S/C20H22N2O4/c1-13-3-8-17(18(23)9-13)21-20(25)15-10-19(24)22(12-15)11-14-4-6-16(26-2)7-5-14/h3-9,15,23H,10-12H2,1-2H3,(H,21,25). The van der Waals surface area contributed by atoms with Crippen LogP contribution in [0, 0.1) is 12.8 Å². The summed E-state index contributed by atoms with van der Waals surface area (Å²) in [6.07, 6.45) is 0.175. The highest BCUT2D eigenvalue weighted by Gasteiger charge is 2.34. The summed E-state index contributed by atoms with van der Waals surface area (Å²) in [7, 11) is 1.61. The maximum atomic E-state index is 12.5. The molecular weight excluding hydrogens is 332 g/mol. The zero-order chi connectivity index (χ0) is 18.7. The van der Waals surface area contributed by atoms with Gasteiger partial charge >= 0.3 is 0 Å². The van der Waals surface area contributed by atoms with E-state index in [-0.39, 0.29) is 24.0 Å². The van der Waals surface area contributed by atoms with Gasteiger partial charge in [-0.15, -0.1) is 0 Å². The van der Waals surface area contributed by atoms with Crippen molar-refractivity contribution in [3.05, 3.63) is 53.6 Å². The number of phenols is 1. The van der Waals surface area contributed by atoms with E-state index >= 15 is 0 Å². The highest BCUT2D eigenvalue weighted by molar-refractivity contribution is 5.98. The van der Waals surface area contributed by atoms with Gasteiger partial charge in [-0.05, 0) is 42.3 Å². The third-order valence-electron chi connectivity index (χ3n) is 4.53. The molecule has 0 aromatic heterocycles. The molecule has 2 aromatic carbocycles. The zero-order valence-corrected chi connectivity index (χ0v) is 14.9. The van der Waals surface area contributed by atoms with E-state index in [0.29, 0.717) is 18.8 Å². The minimum Gasteiger partial charge on any atom is -0.506 e. The molecule has 1 atom stereocenters. The van der Waals surface area contributed by atoms with Crippen LogP contribution in [0.3, 0.4) is 0 Å². The molecule has 136 valence electrons. The maximum Gasteiger partial charge on any atom is 0.229 e. The van der Waals surface area contributed by atoms with E-state index in [1.165, 1.54) is 0 Å². The van der Waals surface area contributed by atoms with Crippen LogP contribution in [0.4, 0.5) is 5.69 Å². The minimum atomic E-state index is -0.429. The number of anilines is 1. The molecule has 1 aliphatic heterocycles. The first-order valence-corrected chi connectivity index (χ1v) is 8.47. The van der Waals surface area contributed by atoms with Crippen LogP contribution in [0.25, 0.3) is 0 Å². The Labute approximate surface area is 152 Å². The number of aryl methyl sites for hydroxylation is 1. The van der Waals surface area contributed by atoms with E-state index in [9.17, 15) is 14.7 Å². The van der Waals surface area contributed by atoms with Crippen molar-refractivity contribution in [2.24, 2.45) is 5.92 Å². The molecule has 2 amide bonds. The molecule has 3 rings (SSSR count). The molecule has 1 fully saturated rings. The second-order valence-corrected chi connectivity index (χ2v) is 6.53. The van der Waals surface area contributed by atoms with Crippen LogP contribution in [-0.4, -0.2) is 35.5 Å². The molecule has 0 spiro atoms. The normalized spacial score (nSPS) is 16.6. The second kappa shape index (κ2) is 7.47. The molecular formula is C20H22N2O4. The van der Waals surface area contributed by atoms with Crippen LogP contribution in [-0.2, 0) is 16.1 Å². The quantitative estimate of drug-likeness (QED) is 0.809. The lowest BCUT2D eigenvalue weighted by Gasteiger charge is -2.17. The van der Waals surface area contributed by atoms with E-state index in [1.54, 1.807) is 24.1 Å². The van der Waals surface area contributed by atoms with E-state index in [4.69, 9.17) is 4.74 Å². The number of carbonyl (C=O) groups excluding carboxylic acids is 2. The Kier molecular flexibility index (Phi) is 5.11. The van der Waals surface area contributed by atoms with Crippen LogP contribution < -0.4 is 10.1 Å². The van der Waals surface area contributed by atoms with Crippen LogP contribution in [0.2, 0.25) is 0 Å². The summed E-state index contributed by atoms with van der Waals surface area (Å²) in [5, 5.41) is 12.6. The number of benzene rings is 2. The molecule has 1 heterocycles. The highest BCUT2D eigenvalue weighted by atomic mass is 16.5. The number of hydrogen-bond acceptors (Lipinski definition) is 4. The Hall–Kier alpha value is -3.02. The predicted molar refractivity (Wildman–Crippen MR) is 98.0 cm³/mol. The molecule has 6 nitrogen and oxygen atoms in total. The van der Waals surface area contributed by atoms with E-state index in [1.807, 2.05) is 37.3 Å². The first kappa shape index (κ1) is 17.8. The molecule has 6 heteroatoms.